The Kier molecular flexibility index (Phi) is 3.39. The van der Waals surface area contributed by atoms with Gasteiger partial charge in [0.05, 0.1) is 11.1 Å². The maximum absolute atomic E-state index is 11.7. The Morgan fingerprint density at radius 2 is 2.06 bits per heavy atom. The van der Waals surface area contributed by atoms with Crippen LogP contribution >= 0.6 is 0 Å². The molecule has 0 atom stereocenters. The SMILES string of the molecule is CC(C)(NC(=O)c1cncnc1)C(N)=NO. The van der Waals surface area contributed by atoms with Crippen molar-refractivity contribution in [3.8, 4) is 0 Å². The number of aromatic nitrogens is 2. The Hall–Kier alpha value is -2.18. The predicted molar refractivity (Wildman–Crippen MR) is 57.0 cm³/mol. The first kappa shape index (κ1) is 11.9. The number of carbonyl (C=O) groups is 1. The van der Waals surface area contributed by atoms with E-state index in [0.29, 0.717) is 5.56 Å². The molecule has 0 saturated carbocycles. The number of rotatable bonds is 3. The van der Waals surface area contributed by atoms with Crippen molar-refractivity contribution in [3.63, 3.8) is 0 Å². The first-order chi connectivity index (χ1) is 7.47. The van der Waals surface area contributed by atoms with Crippen LogP contribution in [0.2, 0.25) is 0 Å². The fraction of sp³-hybridized carbons (Fsp3) is 0.333. The number of hydrogen-bond donors (Lipinski definition) is 3. The van der Waals surface area contributed by atoms with E-state index in [2.05, 4.69) is 20.4 Å². The summed E-state index contributed by atoms with van der Waals surface area (Å²) in [7, 11) is 0. The van der Waals surface area contributed by atoms with Crippen LogP contribution in [0.3, 0.4) is 0 Å². The van der Waals surface area contributed by atoms with Gasteiger partial charge in [-0.2, -0.15) is 0 Å². The van der Waals surface area contributed by atoms with Crippen LogP contribution in [-0.2, 0) is 0 Å². The molecule has 0 aliphatic heterocycles. The van der Waals surface area contributed by atoms with E-state index in [9.17, 15) is 4.79 Å². The van der Waals surface area contributed by atoms with Gasteiger partial charge in [0.25, 0.3) is 5.91 Å². The molecule has 1 aromatic rings. The van der Waals surface area contributed by atoms with E-state index < -0.39 is 11.4 Å². The molecule has 0 saturated heterocycles. The van der Waals surface area contributed by atoms with E-state index in [1.54, 1.807) is 13.8 Å². The Labute approximate surface area is 92.4 Å². The van der Waals surface area contributed by atoms with Crippen molar-refractivity contribution in [1.29, 1.82) is 0 Å². The standard InChI is InChI=1S/C9H13N5O2/c1-9(2,8(10)14-16)13-7(15)6-3-11-5-12-4-6/h3-5,16H,1-2H3,(H2,10,14)(H,13,15). The highest BCUT2D eigenvalue weighted by atomic mass is 16.4. The minimum absolute atomic E-state index is 0.0855. The van der Waals surface area contributed by atoms with Gasteiger partial charge in [-0.05, 0) is 13.8 Å². The third-order valence-electron chi connectivity index (χ3n) is 2.00. The van der Waals surface area contributed by atoms with Crippen LogP contribution in [0.25, 0.3) is 0 Å². The number of nitrogens with one attached hydrogen (secondary N) is 1. The number of oxime groups is 1. The summed E-state index contributed by atoms with van der Waals surface area (Å²) < 4.78 is 0. The maximum atomic E-state index is 11.7. The van der Waals surface area contributed by atoms with Gasteiger partial charge in [-0.3, -0.25) is 4.79 Å². The zero-order valence-electron chi connectivity index (χ0n) is 9.01. The first-order valence-corrected chi connectivity index (χ1v) is 4.53. The molecule has 0 aliphatic carbocycles. The van der Waals surface area contributed by atoms with Gasteiger partial charge in [0, 0.05) is 12.4 Å². The molecule has 1 rings (SSSR count). The summed E-state index contributed by atoms with van der Waals surface area (Å²) in [4.78, 5) is 19.1. The Balaban J connectivity index is 2.80. The zero-order chi connectivity index (χ0) is 12.2. The fourth-order valence-electron chi connectivity index (χ4n) is 0.961. The highest BCUT2D eigenvalue weighted by molar-refractivity contribution is 5.99. The summed E-state index contributed by atoms with van der Waals surface area (Å²) in [6, 6.07) is 0. The first-order valence-electron chi connectivity index (χ1n) is 4.53. The summed E-state index contributed by atoms with van der Waals surface area (Å²) in [6.07, 6.45) is 4.08. The van der Waals surface area contributed by atoms with E-state index in [-0.39, 0.29) is 5.84 Å². The van der Waals surface area contributed by atoms with Crippen LogP contribution in [0.4, 0.5) is 0 Å². The molecule has 0 aromatic carbocycles. The Morgan fingerprint density at radius 3 is 2.56 bits per heavy atom. The van der Waals surface area contributed by atoms with Gasteiger partial charge in [0.15, 0.2) is 5.84 Å². The minimum atomic E-state index is -0.943. The highest BCUT2D eigenvalue weighted by Gasteiger charge is 2.26. The number of amides is 1. The summed E-state index contributed by atoms with van der Waals surface area (Å²) in [5, 5.41) is 14.0. The van der Waals surface area contributed by atoms with Crippen LogP contribution < -0.4 is 11.1 Å². The minimum Gasteiger partial charge on any atom is -0.409 e. The number of hydrogen-bond acceptors (Lipinski definition) is 5. The van der Waals surface area contributed by atoms with E-state index in [4.69, 9.17) is 10.9 Å². The normalized spacial score (nSPS) is 12.2. The van der Waals surface area contributed by atoms with Gasteiger partial charge < -0.3 is 16.3 Å². The molecular formula is C9H13N5O2. The van der Waals surface area contributed by atoms with Crippen LogP contribution in [0.5, 0.6) is 0 Å². The fourth-order valence-corrected chi connectivity index (χ4v) is 0.961. The van der Waals surface area contributed by atoms with Crippen LogP contribution in [0, 0.1) is 0 Å². The van der Waals surface area contributed by atoms with Gasteiger partial charge in [-0.15, -0.1) is 0 Å². The second kappa shape index (κ2) is 4.56. The number of carbonyl (C=O) groups excluding carboxylic acids is 1. The molecular weight excluding hydrogens is 210 g/mol. The molecule has 0 spiro atoms. The van der Waals surface area contributed by atoms with E-state index in [1.165, 1.54) is 18.7 Å². The lowest BCUT2D eigenvalue weighted by Crippen LogP contribution is -2.53. The molecule has 7 nitrogen and oxygen atoms in total. The van der Waals surface area contributed by atoms with Crippen LogP contribution in [-0.4, -0.2) is 32.5 Å². The van der Waals surface area contributed by atoms with Gasteiger partial charge in [0.2, 0.25) is 0 Å². The van der Waals surface area contributed by atoms with Crippen molar-refractivity contribution < 1.29 is 10.0 Å². The Morgan fingerprint density at radius 1 is 1.50 bits per heavy atom. The lowest BCUT2D eigenvalue weighted by atomic mass is 10.0. The average Bonchev–Trinajstić information content (AvgIpc) is 2.28. The van der Waals surface area contributed by atoms with Crippen molar-refractivity contribution in [2.45, 2.75) is 19.4 Å². The molecule has 1 aromatic heterocycles. The van der Waals surface area contributed by atoms with Crippen molar-refractivity contribution in [1.82, 2.24) is 15.3 Å². The molecule has 0 unspecified atom stereocenters. The van der Waals surface area contributed by atoms with E-state index in [0.717, 1.165) is 0 Å². The van der Waals surface area contributed by atoms with E-state index in [1.807, 2.05) is 0 Å². The summed E-state index contributed by atoms with van der Waals surface area (Å²) in [6.45, 7) is 3.23. The third kappa shape index (κ3) is 2.66. The Bertz CT molecular complexity index is 402. The lowest BCUT2D eigenvalue weighted by molar-refractivity contribution is 0.0930. The molecule has 0 aliphatic rings. The van der Waals surface area contributed by atoms with Gasteiger partial charge >= 0.3 is 0 Å². The largest absolute Gasteiger partial charge is 0.409 e. The summed E-state index contributed by atoms with van der Waals surface area (Å²) in [5.74, 6) is -0.477. The molecule has 0 bridgehead atoms. The molecule has 16 heavy (non-hydrogen) atoms. The van der Waals surface area contributed by atoms with Crippen molar-refractivity contribution in [3.05, 3.63) is 24.3 Å². The van der Waals surface area contributed by atoms with Crippen LogP contribution in [0.1, 0.15) is 24.2 Å². The van der Waals surface area contributed by atoms with Gasteiger partial charge in [-0.25, -0.2) is 9.97 Å². The number of nitrogens with two attached hydrogens (primary N) is 1. The molecule has 0 fully saturated rings. The van der Waals surface area contributed by atoms with Crippen molar-refractivity contribution in [2.75, 3.05) is 0 Å². The van der Waals surface area contributed by atoms with Crippen molar-refractivity contribution >= 4 is 11.7 Å². The average molecular weight is 223 g/mol. The monoisotopic (exact) mass is 223 g/mol. The molecule has 86 valence electrons. The van der Waals surface area contributed by atoms with Crippen LogP contribution in [0.15, 0.2) is 23.9 Å². The number of amidine groups is 1. The predicted octanol–water partition coefficient (Wildman–Crippen LogP) is -0.269. The van der Waals surface area contributed by atoms with Crippen molar-refractivity contribution in [2.24, 2.45) is 10.9 Å². The molecule has 0 radical (unpaired) electrons. The van der Waals surface area contributed by atoms with E-state index >= 15 is 0 Å². The van der Waals surface area contributed by atoms with Gasteiger partial charge in [-0.1, -0.05) is 5.16 Å². The quantitative estimate of drug-likeness (QED) is 0.282. The molecule has 7 heteroatoms. The number of nitrogens with zero attached hydrogens (tertiary/aromatic N) is 3. The zero-order valence-corrected chi connectivity index (χ0v) is 9.01. The third-order valence-corrected chi connectivity index (χ3v) is 2.00. The highest BCUT2D eigenvalue weighted by Crippen LogP contribution is 2.04. The second-order valence-corrected chi connectivity index (χ2v) is 3.69. The molecule has 4 N–H and O–H groups in total. The summed E-state index contributed by atoms with van der Waals surface area (Å²) in [5.41, 5.74) is 4.80. The lowest BCUT2D eigenvalue weighted by Gasteiger charge is -2.24. The van der Waals surface area contributed by atoms with Gasteiger partial charge in [0.1, 0.15) is 6.33 Å². The summed E-state index contributed by atoms with van der Waals surface area (Å²) >= 11 is 0. The molecule has 1 amide bonds. The smallest absolute Gasteiger partial charge is 0.255 e. The second-order valence-electron chi connectivity index (χ2n) is 3.69. The maximum Gasteiger partial charge on any atom is 0.255 e. The topological polar surface area (TPSA) is 113 Å². The molecule has 1 heterocycles.